The lowest BCUT2D eigenvalue weighted by Crippen LogP contribution is -2.16. The molecule has 0 bridgehead atoms. The van der Waals surface area contributed by atoms with Gasteiger partial charge >= 0.3 is 0 Å². The molecule has 3 nitrogen and oxygen atoms in total. The van der Waals surface area contributed by atoms with Crippen LogP contribution in [0.1, 0.15) is 40.2 Å². The monoisotopic (exact) mass is 302 g/mol. The minimum atomic E-state index is 0.608. The molecule has 1 aromatic carbocycles. The minimum Gasteiger partial charge on any atom is -0.378 e. The summed E-state index contributed by atoms with van der Waals surface area (Å²) in [4.78, 5) is 4.55. The van der Waals surface area contributed by atoms with Gasteiger partial charge in [0.2, 0.25) is 0 Å². The van der Waals surface area contributed by atoms with E-state index in [2.05, 4.69) is 33.9 Å². The minimum absolute atomic E-state index is 0.608. The molecule has 0 fully saturated rings. The number of nitrogens with one attached hydrogen (secondary N) is 1. The van der Waals surface area contributed by atoms with Gasteiger partial charge in [0.15, 0.2) is 0 Å². The summed E-state index contributed by atoms with van der Waals surface area (Å²) < 4.78 is 5.10. The SMILES string of the molecule is COCc1nc(CNCc2cccc3c2CCCC3)cs1. The van der Waals surface area contributed by atoms with Crippen LogP contribution >= 0.6 is 11.3 Å². The van der Waals surface area contributed by atoms with Crippen molar-refractivity contribution < 1.29 is 4.74 Å². The van der Waals surface area contributed by atoms with E-state index in [1.54, 1.807) is 29.6 Å². The van der Waals surface area contributed by atoms with E-state index in [0.717, 1.165) is 23.8 Å². The standard InChI is InChI=1S/C17H22N2OS/c1-20-11-17-19-15(12-21-17)10-18-9-14-7-4-6-13-5-2-3-8-16(13)14/h4,6-7,12,18H,2-3,5,8-11H2,1H3. The number of hydrogen-bond acceptors (Lipinski definition) is 4. The predicted octanol–water partition coefficient (Wildman–Crippen LogP) is 3.46. The smallest absolute Gasteiger partial charge is 0.119 e. The molecule has 0 saturated carbocycles. The van der Waals surface area contributed by atoms with Crippen LogP contribution in [0.4, 0.5) is 0 Å². The van der Waals surface area contributed by atoms with Crippen molar-refractivity contribution in [2.75, 3.05) is 7.11 Å². The lowest BCUT2D eigenvalue weighted by Gasteiger charge is -2.19. The van der Waals surface area contributed by atoms with Crippen LogP contribution in [0.15, 0.2) is 23.6 Å². The van der Waals surface area contributed by atoms with E-state index in [1.807, 2.05) is 0 Å². The number of nitrogens with zero attached hydrogens (tertiary/aromatic N) is 1. The van der Waals surface area contributed by atoms with Crippen LogP contribution < -0.4 is 5.32 Å². The van der Waals surface area contributed by atoms with Crippen molar-refractivity contribution >= 4 is 11.3 Å². The molecule has 3 rings (SSSR count). The molecular formula is C17H22N2OS. The van der Waals surface area contributed by atoms with Gasteiger partial charge in [-0.15, -0.1) is 11.3 Å². The van der Waals surface area contributed by atoms with Crippen LogP contribution in [0.3, 0.4) is 0 Å². The van der Waals surface area contributed by atoms with E-state index < -0.39 is 0 Å². The molecule has 0 saturated heterocycles. The van der Waals surface area contributed by atoms with Gasteiger partial charge in [0.1, 0.15) is 5.01 Å². The zero-order valence-corrected chi connectivity index (χ0v) is 13.3. The molecule has 21 heavy (non-hydrogen) atoms. The predicted molar refractivity (Wildman–Crippen MR) is 86.5 cm³/mol. The molecule has 0 atom stereocenters. The third kappa shape index (κ3) is 3.70. The van der Waals surface area contributed by atoms with Crippen molar-refractivity contribution in [1.29, 1.82) is 0 Å². The van der Waals surface area contributed by atoms with Crippen LogP contribution in [0.2, 0.25) is 0 Å². The summed E-state index contributed by atoms with van der Waals surface area (Å²) in [6.07, 6.45) is 5.15. The highest BCUT2D eigenvalue weighted by Crippen LogP contribution is 2.24. The van der Waals surface area contributed by atoms with Gasteiger partial charge in [-0.2, -0.15) is 0 Å². The van der Waals surface area contributed by atoms with E-state index in [1.165, 1.54) is 31.2 Å². The molecule has 4 heteroatoms. The number of benzene rings is 1. The van der Waals surface area contributed by atoms with E-state index >= 15 is 0 Å². The molecule has 1 aliphatic rings. The maximum atomic E-state index is 5.10. The van der Waals surface area contributed by atoms with Crippen molar-refractivity contribution in [3.05, 3.63) is 51.0 Å². The lowest BCUT2D eigenvalue weighted by molar-refractivity contribution is 0.184. The van der Waals surface area contributed by atoms with Crippen molar-refractivity contribution in [2.24, 2.45) is 0 Å². The van der Waals surface area contributed by atoms with Gasteiger partial charge in [0, 0.05) is 25.6 Å². The van der Waals surface area contributed by atoms with Gasteiger partial charge in [-0.05, 0) is 42.4 Å². The van der Waals surface area contributed by atoms with E-state index in [-0.39, 0.29) is 0 Å². The van der Waals surface area contributed by atoms with Crippen molar-refractivity contribution in [3.8, 4) is 0 Å². The van der Waals surface area contributed by atoms with Crippen LogP contribution in [-0.4, -0.2) is 12.1 Å². The Bertz CT molecular complexity index is 594. The quantitative estimate of drug-likeness (QED) is 0.887. The summed E-state index contributed by atoms with van der Waals surface area (Å²) in [5.74, 6) is 0. The Morgan fingerprint density at radius 1 is 1.24 bits per heavy atom. The van der Waals surface area contributed by atoms with Crippen LogP contribution in [0, 0.1) is 0 Å². The third-order valence-electron chi connectivity index (χ3n) is 3.98. The second-order valence-electron chi connectivity index (χ2n) is 5.53. The molecule has 1 heterocycles. The van der Waals surface area contributed by atoms with Gasteiger partial charge in [-0.25, -0.2) is 4.98 Å². The average molecular weight is 302 g/mol. The number of fused-ring (bicyclic) bond motifs is 1. The fraction of sp³-hybridized carbons (Fsp3) is 0.471. The molecule has 0 spiro atoms. The number of rotatable bonds is 6. The van der Waals surface area contributed by atoms with Crippen molar-refractivity contribution in [2.45, 2.75) is 45.4 Å². The molecule has 0 unspecified atom stereocenters. The van der Waals surface area contributed by atoms with E-state index in [4.69, 9.17) is 4.74 Å². The first-order valence-electron chi connectivity index (χ1n) is 7.59. The summed E-state index contributed by atoms with van der Waals surface area (Å²) >= 11 is 1.67. The summed E-state index contributed by atoms with van der Waals surface area (Å²) in [6, 6.07) is 6.74. The van der Waals surface area contributed by atoms with Gasteiger partial charge in [0.25, 0.3) is 0 Å². The highest BCUT2D eigenvalue weighted by Gasteiger charge is 2.12. The molecule has 112 valence electrons. The number of aromatic nitrogens is 1. The summed E-state index contributed by atoms with van der Waals surface area (Å²) in [5.41, 5.74) is 5.70. The van der Waals surface area contributed by atoms with Crippen LogP contribution in [0.25, 0.3) is 0 Å². The fourth-order valence-electron chi connectivity index (χ4n) is 2.97. The molecule has 1 aliphatic carbocycles. The fourth-order valence-corrected chi connectivity index (χ4v) is 3.74. The highest BCUT2D eigenvalue weighted by molar-refractivity contribution is 7.09. The topological polar surface area (TPSA) is 34.1 Å². The van der Waals surface area contributed by atoms with Crippen molar-refractivity contribution in [1.82, 2.24) is 10.3 Å². The Balaban J connectivity index is 1.57. The Morgan fingerprint density at radius 2 is 2.14 bits per heavy atom. The number of aryl methyl sites for hydroxylation is 1. The average Bonchev–Trinajstić information content (AvgIpc) is 2.96. The largest absolute Gasteiger partial charge is 0.378 e. The second-order valence-corrected chi connectivity index (χ2v) is 6.47. The van der Waals surface area contributed by atoms with Gasteiger partial charge in [-0.1, -0.05) is 18.2 Å². The van der Waals surface area contributed by atoms with Gasteiger partial charge in [-0.3, -0.25) is 0 Å². The first-order valence-corrected chi connectivity index (χ1v) is 8.47. The molecule has 0 aliphatic heterocycles. The van der Waals surface area contributed by atoms with Crippen LogP contribution in [0.5, 0.6) is 0 Å². The molecule has 0 radical (unpaired) electrons. The Morgan fingerprint density at radius 3 is 3.05 bits per heavy atom. The van der Waals surface area contributed by atoms with E-state index in [9.17, 15) is 0 Å². The molecule has 1 N–H and O–H groups in total. The highest BCUT2D eigenvalue weighted by atomic mass is 32.1. The zero-order chi connectivity index (χ0) is 14.5. The van der Waals surface area contributed by atoms with Crippen LogP contribution in [-0.2, 0) is 37.3 Å². The summed E-state index contributed by atoms with van der Waals surface area (Å²) in [5, 5.41) is 6.69. The number of thiazole rings is 1. The Labute approximate surface area is 130 Å². The molecular weight excluding hydrogens is 280 g/mol. The first kappa shape index (κ1) is 14.7. The Kier molecular flexibility index (Phi) is 5.01. The van der Waals surface area contributed by atoms with Gasteiger partial charge in [0.05, 0.1) is 12.3 Å². The number of hydrogen-bond donors (Lipinski definition) is 1. The second kappa shape index (κ2) is 7.16. The molecule has 2 aromatic rings. The van der Waals surface area contributed by atoms with Crippen molar-refractivity contribution in [3.63, 3.8) is 0 Å². The first-order chi connectivity index (χ1) is 10.4. The lowest BCUT2D eigenvalue weighted by atomic mass is 9.88. The third-order valence-corrected chi connectivity index (χ3v) is 4.85. The van der Waals surface area contributed by atoms with Gasteiger partial charge < -0.3 is 10.1 Å². The van der Waals surface area contributed by atoms with E-state index in [0.29, 0.717) is 6.61 Å². The normalized spacial score (nSPS) is 14.1. The molecule has 0 amide bonds. The Hall–Kier alpha value is -1.23. The number of methoxy groups -OCH3 is 1. The maximum absolute atomic E-state index is 5.10. The zero-order valence-electron chi connectivity index (χ0n) is 12.5. The summed E-state index contributed by atoms with van der Waals surface area (Å²) in [7, 11) is 1.71. The molecule has 1 aromatic heterocycles. The maximum Gasteiger partial charge on any atom is 0.119 e. The summed E-state index contributed by atoms with van der Waals surface area (Å²) in [6.45, 7) is 2.36. The number of ether oxygens (including phenoxy) is 1.